The average molecular weight is 327 g/mol. The Morgan fingerprint density at radius 1 is 1.17 bits per heavy atom. The first-order chi connectivity index (χ1) is 11.8. The lowest BCUT2D eigenvalue weighted by Gasteiger charge is -2.26. The van der Waals surface area contributed by atoms with E-state index in [2.05, 4.69) is 29.6 Å². The third-order valence-corrected chi connectivity index (χ3v) is 4.72. The first kappa shape index (κ1) is 17.2. The van der Waals surface area contributed by atoms with Gasteiger partial charge in [-0.25, -0.2) is 0 Å². The van der Waals surface area contributed by atoms with E-state index in [9.17, 15) is 0 Å². The topological polar surface area (TPSA) is 59.6 Å². The molecule has 2 aliphatic rings. The molecule has 0 bridgehead atoms. The zero-order valence-corrected chi connectivity index (χ0v) is 14.4. The highest BCUT2D eigenvalue weighted by molar-refractivity contribution is 6.00. The molecule has 1 aromatic carbocycles. The maximum absolute atomic E-state index is 5.91. The zero-order chi connectivity index (χ0) is 16.6. The molecule has 1 aliphatic carbocycles. The van der Waals surface area contributed by atoms with Gasteiger partial charge in [-0.05, 0) is 49.9 Å². The second-order valence-corrected chi connectivity index (χ2v) is 6.66. The Balaban J connectivity index is 1.45. The van der Waals surface area contributed by atoms with Crippen LogP contribution in [0.5, 0.6) is 5.75 Å². The van der Waals surface area contributed by atoms with E-state index in [1.165, 1.54) is 37.0 Å². The highest BCUT2D eigenvalue weighted by Crippen LogP contribution is 2.19. The SMILES string of the molecule is NC1C=CC1NCCCOc1cccc(C2=NCCCCCC2)c1. The van der Waals surface area contributed by atoms with Crippen LogP contribution in [0, 0.1) is 0 Å². The summed E-state index contributed by atoms with van der Waals surface area (Å²) in [6.45, 7) is 2.60. The lowest BCUT2D eigenvalue weighted by atomic mass is 9.98. The van der Waals surface area contributed by atoms with E-state index < -0.39 is 0 Å². The van der Waals surface area contributed by atoms with Crippen LogP contribution < -0.4 is 15.8 Å². The monoisotopic (exact) mass is 327 g/mol. The molecular formula is C20H29N3O. The summed E-state index contributed by atoms with van der Waals surface area (Å²) in [6, 6.07) is 8.91. The predicted octanol–water partition coefficient (Wildman–Crippen LogP) is 3.06. The predicted molar refractivity (Wildman–Crippen MR) is 99.9 cm³/mol. The summed E-state index contributed by atoms with van der Waals surface area (Å²) >= 11 is 0. The van der Waals surface area contributed by atoms with Crippen molar-refractivity contribution >= 4 is 5.71 Å². The van der Waals surface area contributed by atoms with Crippen LogP contribution in [0.15, 0.2) is 41.4 Å². The van der Waals surface area contributed by atoms with Gasteiger partial charge in [-0.15, -0.1) is 0 Å². The molecule has 130 valence electrons. The standard InChI is InChI=1S/C20H29N3O/c21-18-10-11-20(18)23-13-6-14-24-17-8-5-7-16(15-17)19-9-3-1-2-4-12-22-19/h5,7-8,10-11,15,18,20,23H,1-4,6,9,12-14,21H2. The fraction of sp³-hybridized carbons (Fsp3) is 0.550. The molecule has 0 spiro atoms. The van der Waals surface area contributed by atoms with Crippen LogP contribution in [-0.2, 0) is 0 Å². The highest BCUT2D eigenvalue weighted by Gasteiger charge is 2.18. The van der Waals surface area contributed by atoms with Gasteiger partial charge in [-0.1, -0.05) is 37.1 Å². The molecule has 0 aromatic heterocycles. The average Bonchev–Trinajstić information content (AvgIpc) is 2.56. The number of hydrogen-bond donors (Lipinski definition) is 2. The summed E-state index contributed by atoms with van der Waals surface area (Å²) in [7, 11) is 0. The number of hydrogen-bond acceptors (Lipinski definition) is 4. The molecule has 0 amide bonds. The number of nitrogens with one attached hydrogen (secondary N) is 1. The number of aliphatic imine (C=N–C) groups is 1. The van der Waals surface area contributed by atoms with Crippen LogP contribution in [0.3, 0.4) is 0 Å². The van der Waals surface area contributed by atoms with Crippen molar-refractivity contribution in [3.63, 3.8) is 0 Å². The second kappa shape index (κ2) is 9.00. The Bertz CT molecular complexity index is 582. The molecule has 0 fully saturated rings. The van der Waals surface area contributed by atoms with Crippen molar-refractivity contribution in [3.8, 4) is 5.75 Å². The molecule has 1 aliphatic heterocycles. The number of benzene rings is 1. The zero-order valence-electron chi connectivity index (χ0n) is 14.4. The van der Waals surface area contributed by atoms with Crippen LogP contribution in [0.2, 0.25) is 0 Å². The molecule has 0 saturated carbocycles. The molecule has 2 atom stereocenters. The smallest absolute Gasteiger partial charge is 0.119 e. The van der Waals surface area contributed by atoms with Crippen LogP contribution in [0.4, 0.5) is 0 Å². The van der Waals surface area contributed by atoms with Crippen molar-refractivity contribution in [2.75, 3.05) is 19.7 Å². The molecule has 0 saturated heterocycles. The molecular weight excluding hydrogens is 298 g/mol. The summed E-state index contributed by atoms with van der Waals surface area (Å²) in [4.78, 5) is 4.78. The third kappa shape index (κ3) is 4.92. The van der Waals surface area contributed by atoms with Gasteiger partial charge in [0.2, 0.25) is 0 Å². The molecule has 3 rings (SSSR count). The van der Waals surface area contributed by atoms with E-state index in [1.54, 1.807) is 0 Å². The summed E-state index contributed by atoms with van der Waals surface area (Å²) in [6.07, 6.45) is 11.3. The minimum absolute atomic E-state index is 0.173. The highest BCUT2D eigenvalue weighted by atomic mass is 16.5. The number of rotatable bonds is 7. The normalized spacial score (nSPS) is 23.8. The van der Waals surface area contributed by atoms with Gasteiger partial charge in [-0.3, -0.25) is 4.99 Å². The molecule has 24 heavy (non-hydrogen) atoms. The molecule has 2 unspecified atom stereocenters. The Labute approximate surface area is 145 Å². The molecule has 3 N–H and O–H groups in total. The van der Waals surface area contributed by atoms with Crippen molar-refractivity contribution in [1.82, 2.24) is 5.32 Å². The van der Waals surface area contributed by atoms with Gasteiger partial charge in [0.25, 0.3) is 0 Å². The van der Waals surface area contributed by atoms with E-state index in [1.807, 2.05) is 12.1 Å². The van der Waals surface area contributed by atoms with Crippen LogP contribution >= 0.6 is 0 Å². The van der Waals surface area contributed by atoms with Gasteiger partial charge in [0.05, 0.1) is 6.61 Å². The Morgan fingerprint density at radius 3 is 2.92 bits per heavy atom. The largest absolute Gasteiger partial charge is 0.494 e. The van der Waals surface area contributed by atoms with Crippen LogP contribution in [0.25, 0.3) is 0 Å². The maximum Gasteiger partial charge on any atom is 0.119 e. The quantitative estimate of drug-likeness (QED) is 0.598. The molecule has 1 heterocycles. The fourth-order valence-electron chi connectivity index (χ4n) is 3.14. The van der Waals surface area contributed by atoms with Crippen LogP contribution in [-0.4, -0.2) is 37.5 Å². The van der Waals surface area contributed by atoms with Gasteiger partial charge in [-0.2, -0.15) is 0 Å². The van der Waals surface area contributed by atoms with Crippen molar-refractivity contribution in [3.05, 3.63) is 42.0 Å². The van der Waals surface area contributed by atoms with E-state index in [0.717, 1.165) is 31.7 Å². The summed E-state index contributed by atoms with van der Waals surface area (Å²) in [5.41, 5.74) is 8.31. The molecule has 4 heteroatoms. The van der Waals surface area contributed by atoms with Crippen molar-refractivity contribution in [2.24, 2.45) is 10.7 Å². The molecule has 4 nitrogen and oxygen atoms in total. The van der Waals surface area contributed by atoms with Gasteiger partial charge >= 0.3 is 0 Å². The van der Waals surface area contributed by atoms with Gasteiger partial charge < -0.3 is 15.8 Å². The summed E-state index contributed by atoms with van der Waals surface area (Å²) in [5.74, 6) is 0.942. The minimum Gasteiger partial charge on any atom is -0.494 e. The van der Waals surface area contributed by atoms with Crippen molar-refractivity contribution in [1.29, 1.82) is 0 Å². The van der Waals surface area contributed by atoms with E-state index >= 15 is 0 Å². The van der Waals surface area contributed by atoms with Gasteiger partial charge in [0, 0.05) is 24.3 Å². The summed E-state index contributed by atoms with van der Waals surface area (Å²) in [5, 5.41) is 3.42. The second-order valence-electron chi connectivity index (χ2n) is 6.66. The Kier molecular flexibility index (Phi) is 6.44. The van der Waals surface area contributed by atoms with Crippen LogP contribution in [0.1, 0.15) is 44.1 Å². The number of nitrogens with two attached hydrogens (primary N) is 1. The maximum atomic E-state index is 5.91. The van der Waals surface area contributed by atoms with Gasteiger partial charge in [0.15, 0.2) is 0 Å². The Hall–Kier alpha value is -1.65. The van der Waals surface area contributed by atoms with E-state index in [4.69, 9.17) is 15.5 Å². The lowest BCUT2D eigenvalue weighted by Crippen LogP contribution is -2.48. The minimum atomic E-state index is 0.173. The van der Waals surface area contributed by atoms with Crippen molar-refractivity contribution in [2.45, 2.75) is 50.6 Å². The van der Waals surface area contributed by atoms with Crippen molar-refractivity contribution < 1.29 is 4.74 Å². The molecule has 1 aromatic rings. The van der Waals surface area contributed by atoms with E-state index in [-0.39, 0.29) is 6.04 Å². The van der Waals surface area contributed by atoms with Gasteiger partial charge in [0.1, 0.15) is 5.75 Å². The first-order valence-corrected chi connectivity index (χ1v) is 9.27. The fourth-order valence-corrected chi connectivity index (χ4v) is 3.14. The summed E-state index contributed by atoms with van der Waals surface area (Å²) < 4.78 is 5.91. The Morgan fingerprint density at radius 2 is 2.08 bits per heavy atom. The lowest BCUT2D eigenvalue weighted by molar-refractivity contribution is 0.305. The molecule has 0 radical (unpaired) electrons. The van der Waals surface area contributed by atoms with E-state index in [0.29, 0.717) is 12.6 Å². The number of nitrogens with zero attached hydrogens (tertiary/aromatic N) is 1. The third-order valence-electron chi connectivity index (χ3n) is 4.72. The first-order valence-electron chi connectivity index (χ1n) is 9.27. The number of ether oxygens (including phenoxy) is 1.